The van der Waals surface area contributed by atoms with Crippen molar-refractivity contribution in [3.63, 3.8) is 0 Å². The van der Waals surface area contributed by atoms with Crippen molar-refractivity contribution in [2.45, 2.75) is 26.8 Å². The van der Waals surface area contributed by atoms with Gasteiger partial charge in [0.05, 0.1) is 24.7 Å². The minimum atomic E-state index is -3.12. The minimum absolute atomic E-state index is 0.0134. The van der Waals surface area contributed by atoms with E-state index in [0.717, 1.165) is 0 Å². The predicted octanol–water partition coefficient (Wildman–Crippen LogP) is 1.38. The second-order valence-corrected chi connectivity index (χ2v) is 8.78. The van der Waals surface area contributed by atoms with Gasteiger partial charge < -0.3 is 9.64 Å². The Labute approximate surface area is 131 Å². The van der Waals surface area contributed by atoms with Crippen LogP contribution >= 0.6 is 0 Å². The number of carbonyl (C=O) groups excluding carboxylic acids is 1. The summed E-state index contributed by atoms with van der Waals surface area (Å²) in [5.41, 5.74) is -0.121. The van der Waals surface area contributed by atoms with Crippen molar-refractivity contribution in [2.24, 2.45) is 5.41 Å². The number of carbonyl (C=O) groups is 1. The molecule has 1 aromatic heterocycles. The lowest BCUT2D eigenvalue weighted by atomic mass is 9.86. The van der Waals surface area contributed by atoms with E-state index in [1.165, 1.54) is 13.3 Å². The Hall–Kier alpha value is -1.63. The number of amides is 1. The van der Waals surface area contributed by atoms with Gasteiger partial charge in [-0.15, -0.1) is 0 Å². The van der Waals surface area contributed by atoms with Crippen LogP contribution in [0, 0.1) is 5.41 Å². The molecule has 0 radical (unpaired) electrons. The third-order valence-corrected chi connectivity index (χ3v) is 5.51. The first kappa shape index (κ1) is 16.7. The van der Waals surface area contributed by atoms with E-state index in [0.29, 0.717) is 5.75 Å². The first-order valence-electron chi connectivity index (χ1n) is 7.16. The molecule has 7 heteroatoms. The Morgan fingerprint density at radius 2 is 2.09 bits per heavy atom. The van der Waals surface area contributed by atoms with Crippen LogP contribution in [-0.4, -0.2) is 55.4 Å². The lowest BCUT2D eigenvalue weighted by Gasteiger charge is -2.42. The average molecular weight is 326 g/mol. The second-order valence-electron chi connectivity index (χ2n) is 6.55. The minimum Gasteiger partial charge on any atom is -0.494 e. The van der Waals surface area contributed by atoms with Crippen LogP contribution < -0.4 is 4.74 Å². The molecule has 0 aromatic carbocycles. The molecule has 1 amide bonds. The van der Waals surface area contributed by atoms with Gasteiger partial charge in [0.15, 0.2) is 15.5 Å². The van der Waals surface area contributed by atoms with Crippen LogP contribution in [0.3, 0.4) is 0 Å². The summed E-state index contributed by atoms with van der Waals surface area (Å²) in [7, 11) is -1.64. The highest BCUT2D eigenvalue weighted by Gasteiger charge is 2.41. The van der Waals surface area contributed by atoms with Crippen molar-refractivity contribution >= 4 is 15.7 Å². The van der Waals surface area contributed by atoms with Crippen molar-refractivity contribution < 1.29 is 17.9 Å². The lowest BCUT2D eigenvalue weighted by Crippen LogP contribution is -2.56. The number of nitrogens with zero attached hydrogens (tertiary/aromatic N) is 2. The van der Waals surface area contributed by atoms with Gasteiger partial charge in [-0.25, -0.2) is 13.4 Å². The molecule has 1 aliphatic heterocycles. The van der Waals surface area contributed by atoms with E-state index in [-0.39, 0.29) is 41.1 Å². The van der Waals surface area contributed by atoms with Crippen LogP contribution in [0.25, 0.3) is 0 Å². The Bertz CT molecular complexity index is 664. The van der Waals surface area contributed by atoms with Crippen molar-refractivity contribution in [2.75, 3.05) is 25.2 Å². The molecule has 1 atom stereocenters. The standard InChI is InChI=1S/C15H22N2O4S/c1-15(2,3)12-10-22(19,20)9-8-17(12)14(18)13-11(21-4)6-5-7-16-13/h5-7,12H,8-10H2,1-4H3/t12-/m0/s1. The Morgan fingerprint density at radius 1 is 1.41 bits per heavy atom. The summed E-state index contributed by atoms with van der Waals surface area (Å²) in [6, 6.07) is 2.98. The Morgan fingerprint density at radius 3 is 2.68 bits per heavy atom. The summed E-state index contributed by atoms with van der Waals surface area (Å²) in [5, 5.41) is 0. The molecule has 122 valence electrons. The molecule has 1 aliphatic rings. The molecule has 0 saturated carbocycles. The largest absolute Gasteiger partial charge is 0.494 e. The molecule has 0 N–H and O–H groups in total. The van der Waals surface area contributed by atoms with Gasteiger partial charge in [0, 0.05) is 12.7 Å². The number of pyridine rings is 1. The summed E-state index contributed by atoms with van der Waals surface area (Å²) in [4.78, 5) is 18.6. The van der Waals surface area contributed by atoms with E-state index >= 15 is 0 Å². The highest BCUT2D eigenvalue weighted by molar-refractivity contribution is 7.91. The first-order valence-corrected chi connectivity index (χ1v) is 8.98. The number of hydrogen-bond acceptors (Lipinski definition) is 5. The topological polar surface area (TPSA) is 76.6 Å². The third kappa shape index (κ3) is 3.40. The number of rotatable bonds is 2. The number of ether oxygens (including phenoxy) is 1. The molecule has 0 unspecified atom stereocenters. The van der Waals surface area contributed by atoms with Crippen LogP contribution in [0.2, 0.25) is 0 Å². The maximum Gasteiger partial charge on any atom is 0.276 e. The zero-order valence-corrected chi connectivity index (χ0v) is 14.2. The SMILES string of the molecule is COc1cccnc1C(=O)N1CCS(=O)(=O)C[C@H]1C(C)(C)C. The number of sulfone groups is 1. The summed E-state index contributed by atoms with van der Waals surface area (Å²) in [5.74, 6) is 0.0820. The fourth-order valence-electron chi connectivity index (χ4n) is 2.62. The highest BCUT2D eigenvalue weighted by Crippen LogP contribution is 2.30. The van der Waals surface area contributed by atoms with Gasteiger partial charge in [-0.2, -0.15) is 0 Å². The molecule has 1 aromatic rings. The van der Waals surface area contributed by atoms with Crippen LogP contribution in [-0.2, 0) is 9.84 Å². The summed E-state index contributed by atoms with van der Waals surface area (Å²) in [6.07, 6.45) is 1.53. The van der Waals surface area contributed by atoms with Crippen LogP contribution in [0.4, 0.5) is 0 Å². The van der Waals surface area contributed by atoms with E-state index < -0.39 is 9.84 Å². The number of hydrogen-bond donors (Lipinski definition) is 0. The fourth-order valence-corrected chi connectivity index (χ4v) is 4.42. The van der Waals surface area contributed by atoms with Crippen LogP contribution in [0.15, 0.2) is 18.3 Å². The van der Waals surface area contributed by atoms with E-state index in [2.05, 4.69) is 4.98 Å². The quantitative estimate of drug-likeness (QED) is 0.820. The zero-order chi connectivity index (χ0) is 16.5. The summed E-state index contributed by atoms with van der Waals surface area (Å²) >= 11 is 0. The molecular formula is C15H22N2O4S. The van der Waals surface area contributed by atoms with Crippen molar-refractivity contribution in [1.82, 2.24) is 9.88 Å². The highest BCUT2D eigenvalue weighted by atomic mass is 32.2. The molecule has 1 fully saturated rings. The number of aromatic nitrogens is 1. The van der Waals surface area contributed by atoms with Gasteiger partial charge in [-0.05, 0) is 17.5 Å². The van der Waals surface area contributed by atoms with E-state index in [9.17, 15) is 13.2 Å². The molecule has 6 nitrogen and oxygen atoms in total. The molecular weight excluding hydrogens is 304 g/mol. The predicted molar refractivity (Wildman–Crippen MR) is 83.7 cm³/mol. The van der Waals surface area contributed by atoms with Crippen LogP contribution in [0.1, 0.15) is 31.3 Å². The fraction of sp³-hybridized carbons (Fsp3) is 0.600. The normalized spacial score (nSPS) is 21.5. The van der Waals surface area contributed by atoms with E-state index in [1.54, 1.807) is 17.0 Å². The third-order valence-electron chi connectivity index (χ3n) is 3.88. The van der Waals surface area contributed by atoms with Crippen molar-refractivity contribution in [3.05, 3.63) is 24.0 Å². The van der Waals surface area contributed by atoms with Crippen molar-refractivity contribution in [3.8, 4) is 5.75 Å². The number of methoxy groups -OCH3 is 1. The molecule has 1 saturated heterocycles. The molecule has 2 heterocycles. The van der Waals surface area contributed by atoms with Crippen molar-refractivity contribution in [1.29, 1.82) is 0 Å². The van der Waals surface area contributed by atoms with Gasteiger partial charge in [0.25, 0.3) is 5.91 Å². The Balaban J connectivity index is 2.39. The molecule has 0 bridgehead atoms. The summed E-state index contributed by atoms with van der Waals surface area (Å²) in [6.45, 7) is 6.00. The zero-order valence-electron chi connectivity index (χ0n) is 13.4. The van der Waals surface area contributed by atoms with Gasteiger partial charge >= 0.3 is 0 Å². The van der Waals surface area contributed by atoms with E-state index in [1.807, 2.05) is 20.8 Å². The lowest BCUT2D eigenvalue weighted by molar-refractivity contribution is 0.0552. The van der Waals surface area contributed by atoms with Gasteiger partial charge in [-0.3, -0.25) is 4.79 Å². The van der Waals surface area contributed by atoms with Gasteiger partial charge in [-0.1, -0.05) is 20.8 Å². The Kier molecular flexibility index (Phi) is 4.47. The van der Waals surface area contributed by atoms with Crippen LogP contribution in [0.5, 0.6) is 5.75 Å². The van der Waals surface area contributed by atoms with Gasteiger partial charge in [0.2, 0.25) is 0 Å². The maximum absolute atomic E-state index is 12.8. The molecule has 0 spiro atoms. The molecule has 22 heavy (non-hydrogen) atoms. The molecule has 0 aliphatic carbocycles. The smallest absolute Gasteiger partial charge is 0.276 e. The second kappa shape index (κ2) is 5.87. The maximum atomic E-state index is 12.8. The first-order chi connectivity index (χ1) is 10.2. The summed E-state index contributed by atoms with van der Waals surface area (Å²) < 4.78 is 29.1. The monoisotopic (exact) mass is 326 g/mol. The van der Waals surface area contributed by atoms with Gasteiger partial charge in [0.1, 0.15) is 5.75 Å². The molecule has 2 rings (SSSR count). The average Bonchev–Trinajstić information content (AvgIpc) is 2.44. The van der Waals surface area contributed by atoms with E-state index in [4.69, 9.17) is 4.74 Å².